The summed E-state index contributed by atoms with van der Waals surface area (Å²) in [5.74, 6) is 1.04. The smallest absolute Gasteiger partial charge is 0.129 e. The molecule has 0 aliphatic heterocycles. The molecule has 0 unspecified atom stereocenters. The molecular weight excluding hydrogens is 293 g/mol. The second-order valence-electron chi connectivity index (χ2n) is 4.29. The number of nitrogens with zero attached hydrogens (tertiary/aromatic N) is 3. The average Bonchev–Trinajstić information content (AvgIpc) is 2.84. The van der Waals surface area contributed by atoms with Gasteiger partial charge in [-0.1, -0.05) is 11.6 Å². The normalized spacial score (nSPS) is 10.7. The predicted molar refractivity (Wildman–Crippen MR) is 80.4 cm³/mol. The van der Waals surface area contributed by atoms with Crippen molar-refractivity contribution in [2.24, 2.45) is 0 Å². The molecule has 3 aromatic rings. The Kier molecular flexibility index (Phi) is 3.35. The van der Waals surface area contributed by atoms with Gasteiger partial charge in [0, 0.05) is 10.7 Å². The van der Waals surface area contributed by atoms with Gasteiger partial charge in [0.05, 0.1) is 28.5 Å². The van der Waals surface area contributed by atoms with Gasteiger partial charge in [0.1, 0.15) is 5.82 Å². The van der Waals surface area contributed by atoms with Crippen LogP contribution in [-0.4, -0.2) is 9.55 Å². The second kappa shape index (κ2) is 5.16. The lowest BCUT2D eigenvalue weighted by Crippen LogP contribution is -1.99. The van der Waals surface area contributed by atoms with Gasteiger partial charge in [-0.15, -0.1) is 11.6 Å². The average molecular weight is 302 g/mol. The zero-order valence-corrected chi connectivity index (χ0v) is 11.9. The largest absolute Gasteiger partial charge is 0.295 e. The van der Waals surface area contributed by atoms with Gasteiger partial charge in [-0.2, -0.15) is 5.26 Å². The molecule has 0 spiro atoms. The van der Waals surface area contributed by atoms with Gasteiger partial charge in [0.25, 0.3) is 0 Å². The Labute approximate surface area is 126 Å². The van der Waals surface area contributed by atoms with Crippen LogP contribution in [0.5, 0.6) is 0 Å². The van der Waals surface area contributed by atoms with E-state index >= 15 is 0 Å². The fourth-order valence-electron chi connectivity index (χ4n) is 2.17. The van der Waals surface area contributed by atoms with Crippen LogP contribution in [0.4, 0.5) is 0 Å². The van der Waals surface area contributed by atoms with Crippen LogP contribution in [0, 0.1) is 11.3 Å². The molecule has 0 radical (unpaired) electrons. The molecule has 0 atom stereocenters. The van der Waals surface area contributed by atoms with E-state index in [2.05, 4.69) is 11.1 Å². The lowest BCUT2D eigenvalue weighted by Gasteiger charge is -2.07. The van der Waals surface area contributed by atoms with Crippen molar-refractivity contribution in [3.05, 3.63) is 58.9 Å². The van der Waals surface area contributed by atoms with Crippen LogP contribution in [0.25, 0.3) is 16.7 Å². The van der Waals surface area contributed by atoms with Crippen molar-refractivity contribution in [3.63, 3.8) is 0 Å². The summed E-state index contributed by atoms with van der Waals surface area (Å²) in [6.45, 7) is 0. The van der Waals surface area contributed by atoms with Crippen LogP contribution in [0.1, 0.15) is 11.4 Å². The lowest BCUT2D eigenvalue weighted by atomic mass is 10.2. The van der Waals surface area contributed by atoms with Gasteiger partial charge in [-0.05, 0) is 42.5 Å². The number of imidazole rings is 1. The summed E-state index contributed by atoms with van der Waals surface area (Å²) in [5.41, 5.74) is 3.28. The number of aromatic nitrogens is 2. The van der Waals surface area contributed by atoms with Gasteiger partial charge >= 0.3 is 0 Å². The number of fused-ring (bicyclic) bond motifs is 1. The minimum atomic E-state index is 0.298. The fourth-order valence-corrected chi connectivity index (χ4v) is 2.51. The first-order valence-corrected chi connectivity index (χ1v) is 6.87. The quantitative estimate of drug-likeness (QED) is 0.663. The van der Waals surface area contributed by atoms with E-state index in [1.807, 2.05) is 34.9 Å². The Morgan fingerprint density at radius 1 is 1.15 bits per heavy atom. The van der Waals surface area contributed by atoms with Crippen LogP contribution in [0.3, 0.4) is 0 Å². The molecule has 0 bridgehead atoms. The number of nitriles is 1. The van der Waals surface area contributed by atoms with Crippen LogP contribution < -0.4 is 0 Å². The van der Waals surface area contributed by atoms with Crippen molar-refractivity contribution >= 4 is 34.2 Å². The third-order valence-electron chi connectivity index (χ3n) is 3.06. The summed E-state index contributed by atoms with van der Waals surface area (Å²) in [7, 11) is 0. The summed E-state index contributed by atoms with van der Waals surface area (Å²) in [6.07, 6.45) is 0. The zero-order valence-electron chi connectivity index (χ0n) is 10.3. The summed E-state index contributed by atoms with van der Waals surface area (Å²) < 4.78 is 1.97. The summed E-state index contributed by atoms with van der Waals surface area (Å²) in [6, 6.07) is 15.0. The predicted octanol–water partition coefficient (Wildman–Crippen LogP) is 4.29. The maximum Gasteiger partial charge on any atom is 0.129 e. The van der Waals surface area contributed by atoms with Crippen LogP contribution in [-0.2, 0) is 5.88 Å². The molecule has 0 saturated heterocycles. The Bertz CT molecular complexity index is 813. The molecule has 1 heterocycles. The number of alkyl halides is 1. The van der Waals surface area contributed by atoms with Crippen molar-refractivity contribution in [2.45, 2.75) is 5.88 Å². The molecule has 1 aromatic heterocycles. The minimum Gasteiger partial charge on any atom is -0.295 e. The molecule has 3 nitrogen and oxygen atoms in total. The van der Waals surface area contributed by atoms with E-state index in [0.717, 1.165) is 22.5 Å². The molecule has 3 rings (SSSR count). The molecule has 0 aliphatic carbocycles. The summed E-state index contributed by atoms with van der Waals surface area (Å²) >= 11 is 12.0. The number of halogens is 2. The molecule has 20 heavy (non-hydrogen) atoms. The molecule has 98 valence electrons. The monoisotopic (exact) mass is 301 g/mol. The van der Waals surface area contributed by atoms with E-state index in [4.69, 9.17) is 28.5 Å². The lowest BCUT2D eigenvalue weighted by molar-refractivity contribution is 0.982. The van der Waals surface area contributed by atoms with Crippen molar-refractivity contribution < 1.29 is 0 Å². The van der Waals surface area contributed by atoms with Crippen molar-refractivity contribution in [2.75, 3.05) is 0 Å². The maximum absolute atomic E-state index is 8.86. The number of hydrogen-bond donors (Lipinski definition) is 0. The van der Waals surface area contributed by atoms with Crippen molar-refractivity contribution in [1.29, 1.82) is 5.26 Å². The van der Waals surface area contributed by atoms with E-state index in [1.165, 1.54) is 0 Å². The molecule has 0 fully saturated rings. The highest BCUT2D eigenvalue weighted by Gasteiger charge is 2.12. The zero-order chi connectivity index (χ0) is 14.1. The number of benzene rings is 2. The molecule has 2 aromatic carbocycles. The first-order chi connectivity index (χ1) is 9.72. The Morgan fingerprint density at radius 3 is 2.55 bits per heavy atom. The SMILES string of the molecule is N#Cc1ccc(-n2c(CCl)nc3cc(Cl)ccc32)cc1. The van der Waals surface area contributed by atoms with Gasteiger partial charge in [-0.25, -0.2) is 4.98 Å². The standard InChI is InChI=1S/C15H9Cl2N3/c16-8-15-19-13-7-11(17)3-6-14(13)20(15)12-4-1-10(9-18)2-5-12/h1-7H,8H2. The first kappa shape index (κ1) is 13.0. The highest BCUT2D eigenvalue weighted by Crippen LogP contribution is 2.25. The molecular formula is C15H9Cl2N3. The Hall–Kier alpha value is -2.02. The van der Waals surface area contributed by atoms with E-state index in [1.54, 1.807) is 12.1 Å². The third-order valence-corrected chi connectivity index (χ3v) is 3.53. The van der Waals surface area contributed by atoms with E-state index in [9.17, 15) is 0 Å². The Balaban J connectivity index is 2.25. The van der Waals surface area contributed by atoms with E-state index < -0.39 is 0 Å². The van der Waals surface area contributed by atoms with Crippen LogP contribution >= 0.6 is 23.2 Å². The van der Waals surface area contributed by atoms with Gasteiger partial charge in [0.15, 0.2) is 0 Å². The second-order valence-corrected chi connectivity index (χ2v) is 4.99. The van der Waals surface area contributed by atoms with E-state index in [0.29, 0.717) is 16.5 Å². The van der Waals surface area contributed by atoms with Gasteiger partial charge < -0.3 is 0 Å². The van der Waals surface area contributed by atoms with E-state index in [-0.39, 0.29) is 0 Å². The van der Waals surface area contributed by atoms with Gasteiger partial charge in [0.2, 0.25) is 0 Å². The highest BCUT2D eigenvalue weighted by molar-refractivity contribution is 6.31. The molecule has 0 N–H and O–H groups in total. The van der Waals surface area contributed by atoms with Crippen LogP contribution in [0.15, 0.2) is 42.5 Å². The Morgan fingerprint density at radius 2 is 1.90 bits per heavy atom. The number of hydrogen-bond acceptors (Lipinski definition) is 2. The topological polar surface area (TPSA) is 41.6 Å². The minimum absolute atomic E-state index is 0.298. The molecule has 0 aliphatic rings. The first-order valence-electron chi connectivity index (χ1n) is 5.96. The summed E-state index contributed by atoms with van der Waals surface area (Å²) in [5, 5.41) is 9.50. The van der Waals surface area contributed by atoms with Crippen molar-refractivity contribution in [1.82, 2.24) is 9.55 Å². The summed E-state index contributed by atoms with van der Waals surface area (Å²) in [4.78, 5) is 4.49. The third kappa shape index (κ3) is 2.14. The van der Waals surface area contributed by atoms with Crippen molar-refractivity contribution in [3.8, 4) is 11.8 Å². The molecule has 5 heteroatoms. The number of rotatable bonds is 2. The van der Waals surface area contributed by atoms with Gasteiger partial charge in [-0.3, -0.25) is 4.57 Å². The highest BCUT2D eigenvalue weighted by atomic mass is 35.5. The van der Waals surface area contributed by atoms with Crippen LogP contribution in [0.2, 0.25) is 5.02 Å². The molecule has 0 saturated carbocycles. The molecule has 0 amide bonds. The maximum atomic E-state index is 8.86. The fraction of sp³-hybridized carbons (Fsp3) is 0.0667.